The van der Waals surface area contributed by atoms with Crippen LogP contribution in [0, 0.1) is 0 Å². The molecule has 0 radical (unpaired) electrons. The van der Waals surface area contributed by atoms with E-state index < -0.39 is 0 Å². The van der Waals surface area contributed by atoms with Crippen LogP contribution in [0.15, 0.2) is 48.5 Å². The van der Waals surface area contributed by atoms with E-state index in [1.165, 1.54) is 0 Å². The molecular formula is C20H27NO3. The van der Waals surface area contributed by atoms with Gasteiger partial charge in [-0.1, -0.05) is 43.3 Å². The Bertz CT molecular complexity index is 601. The Balaban J connectivity index is 1.82. The SMILES string of the molecule is CCC(N)Cc1ccc(OC)c(OCCOCc2ccccc2)c1. The molecule has 2 rings (SSSR count). The molecule has 2 N–H and O–H groups in total. The summed E-state index contributed by atoms with van der Waals surface area (Å²) in [4.78, 5) is 0. The van der Waals surface area contributed by atoms with Crippen molar-refractivity contribution in [2.75, 3.05) is 20.3 Å². The Kier molecular flexibility index (Phi) is 7.59. The number of methoxy groups -OCH3 is 1. The first-order chi connectivity index (χ1) is 11.7. The molecule has 0 fully saturated rings. The molecule has 0 amide bonds. The van der Waals surface area contributed by atoms with E-state index in [1.54, 1.807) is 7.11 Å². The maximum Gasteiger partial charge on any atom is 0.161 e. The van der Waals surface area contributed by atoms with Crippen LogP contribution in [0.25, 0.3) is 0 Å². The van der Waals surface area contributed by atoms with Crippen molar-refractivity contribution in [3.63, 3.8) is 0 Å². The molecule has 2 aromatic rings. The first-order valence-electron chi connectivity index (χ1n) is 8.40. The molecule has 0 saturated carbocycles. The Morgan fingerprint density at radius 3 is 2.46 bits per heavy atom. The van der Waals surface area contributed by atoms with Gasteiger partial charge in [0.05, 0.1) is 20.3 Å². The fourth-order valence-electron chi connectivity index (χ4n) is 2.38. The van der Waals surface area contributed by atoms with Crippen LogP contribution >= 0.6 is 0 Å². The van der Waals surface area contributed by atoms with Gasteiger partial charge in [-0.15, -0.1) is 0 Å². The van der Waals surface area contributed by atoms with E-state index in [1.807, 2.05) is 48.5 Å². The molecule has 130 valence electrons. The smallest absolute Gasteiger partial charge is 0.161 e. The van der Waals surface area contributed by atoms with E-state index in [2.05, 4.69) is 6.92 Å². The van der Waals surface area contributed by atoms with Crippen LogP contribution in [0.1, 0.15) is 24.5 Å². The van der Waals surface area contributed by atoms with Crippen molar-refractivity contribution in [3.8, 4) is 11.5 Å². The summed E-state index contributed by atoms with van der Waals surface area (Å²) in [5.74, 6) is 1.47. The Labute approximate surface area is 144 Å². The van der Waals surface area contributed by atoms with Crippen molar-refractivity contribution < 1.29 is 14.2 Å². The Morgan fingerprint density at radius 2 is 1.75 bits per heavy atom. The van der Waals surface area contributed by atoms with Crippen LogP contribution < -0.4 is 15.2 Å². The zero-order chi connectivity index (χ0) is 17.2. The van der Waals surface area contributed by atoms with Crippen LogP contribution in [0.4, 0.5) is 0 Å². The number of rotatable bonds is 10. The maximum absolute atomic E-state index is 6.03. The molecule has 0 aliphatic heterocycles. The van der Waals surface area contributed by atoms with Gasteiger partial charge >= 0.3 is 0 Å². The van der Waals surface area contributed by atoms with Crippen LogP contribution in [-0.4, -0.2) is 26.4 Å². The van der Waals surface area contributed by atoms with Gasteiger partial charge in [0, 0.05) is 6.04 Å². The summed E-state index contributed by atoms with van der Waals surface area (Å²) < 4.78 is 16.8. The first kappa shape index (κ1) is 18.3. The number of nitrogens with two attached hydrogens (primary N) is 1. The number of hydrogen-bond donors (Lipinski definition) is 1. The second-order valence-electron chi connectivity index (χ2n) is 5.74. The molecule has 2 aromatic carbocycles. The average molecular weight is 329 g/mol. The molecule has 1 unspecified atom stereocenters. The fourth-order valence-corrected chi connectivity index (χ4v) is 2.38. The lowest BCUT2D eigenvalue weighted by atomic mass is 10.0. The van der Waals surface area contributed by atoms with E-state index >= 15 is 0 Å². The normalized spacial score (nSPS) is 12.0. The summed E-state index contributed by atoms with van der Waals surface area (Å²) in [7, 11) is 1.64. The van der Waals surface area contributed by atoms with Crippen LogP contribution in [0.5, 0.6) is 11.5 Å². The largest absolute Gasteiger partial charge is 0.493 e. The first-order valence-corrected chi connectivity index (χ1v) is 8.40. The zero-order valence-corrected chi connectivity index (χ0v) is 14.5. The molecule has 0 aromatic heterocycles. The predicted octanol–water partition coefficient (Wildman–Crippen LogP) is 3.57. The second kappa shape index (κ2) is 9.96. The van der Waals surface area contributed by atoms with Crippen LogP contribution in [0.2, 0.25) is 0 Å². The molecule has 24 heavy (non-hydrogen) atoms. The van der Waals surface area contributed by atoms with Gasteiger partial charge in [-0.05, 0) is 36.1 Å². The zero-order valence-electron chi connectivity index (χ0n) is 14.5. The highest BCUT2D eigenvalue weighted by Gasteiger charge is 2.08. The minimum absolute atomic E-state index is 0.167. The van der Waals surface area contributed by atoms with Gasteiger partial charge in [-0.3, -0.25) is 0 Å². The minimum Gasteiger partial charge on any atom is -0.493 e. The van der Waals surface area contributed by atoms with Gasteiger partial charge in [0.15, 0.2) is 11.5 Å². The van der Waals surface area contributed by atoms with Crippen LogP contribution in [0.3, 0.4) is 0 Å². The van der Waals surface area contributed by atoms with E-state index in [-0.39, 0.29) is 6.04 Å². The van der Waals surface area contributed by atoms with E-state index in [4.69, 9.17) is 19.9 Å². The maximum atomic E-state index is 6.03. The fraction of sp³-hybridized carbons (Fsp3) is 0.400. The molecule has 0 aliphatic carbocycles. The summed E-state index contributed by atoms with van der Waals surface area (Å²) >= 11 is 0. The molecule has 0 bridgehead atoms. The van der Waals surface area contributed by atoms with Crippen LogP contribution in [-0.2, 0) is 17.8 Å². The monoisotopic (exact) mass is 329 g/mol. The highest BCUT2D eigenvalue weighted by Crippen LogP contribution is 2.28. The summed E-state index contributed by atoms with van der Waals surface area (Å²) in [6.07, 6.45) is 1.79. The summed E-state index contributed by atoms with van der Waals surface area (Å²) in [6, 6.07) is 16.2. The highest BCUT2D eigenvalue weighted by molar-refractivity contribution is 5.43. The molecule has 4 nitrogen and oxygen atoms in total. The van der Waals surface area contributed by atoms with Crippen molar-refractivity contribution in [2.45, 2.75) is 32.4 Å². The lowest BCUT2D eigenvalue weighted by Crippen LogP contribution is -2.21. The number of benzene rings is 2. The summed E-state index contributed by atoms with van der Waals surface area (Å²) in [6.45, 7) is 3.69. The van der Waals surface area contributed by atoms with E-state index in [0.29, 0.717) is 19.8 Å². The second-order valence-corrected chi connectivity index (χ2v) is 5.74. The van der Waals surface area contributed by atoms with Gasteiger partial charge in [-0.2, -0.15) is 0 Å². The predicted molar refractivity (Wildman–Crippen MR) is 96.6 cm³/mol. The number of hydrogen-bond acceptors (Lipinski definition) is 4. The lowest BCUT2D eigenvalue weighted by Gasteiger charge is -2.14. The van der Waals surface area contributed by atoms with Crippen molar-refractivity contribution in [1.29, 1.82) is 0 Å². The van der Waals surface area contributed by atoms with Crippen molar-refractivity contribution in [1.82, 2.24) is 0 Å². The van der Waals surface area contributed by atoms with E-state index in [9.17, 15) is 0 Å². The molecule has 0 aliphatic rings. The quantitative estimate of drug-likeness (QED) is 0.677. The van der Waals surface area contributed by atoms with Crippen molar-refractivity contribution in [3.05, 3.63) is 59.7 Å². The average Bonchev–Trinajstić information content (AvgIpc) is 2.62. The Morgan fingerprint density at radius 1 is 0.958 bits per heavy atom. The van der Waals surface area contributed by atoms with Crippen molar-refractivity contribution in [2.24, 2.45) is 5.73 Å². The third kappa shape index (κ3) is 5.87. The molecular weight excluding hydrogens is 302 g/mol. The molecule has 1 atom stereocenters. The standard InChI is InChI=1S/C20H27NO3/c1-3-18(21)13-17-9-10-19(22-2)20(14-17)24-12-11-23-15-16-7-5-4-6-8-16/h4-10,14,18H,3,11-13,15,21H2,1-2H3. The van der Waals surface area contributed by atoms with Gasteiger partial charge < -0.3 is 19.9 Å². The van der Waals surface area contributed by atoms with E-state index in [0.717, 1.165) is 35.5 Å². The van der Waals surface area contributed by atoms with Gasteiger partial charge in [-0.25, -0.2) is 0 Å². The van der Waals surface area contributed by atoms with Gasteiger partial charge in [0.25, 0.3) is 0 Å². The summed E-state index contributed by atoms with van der Waals surface area (Å²) in [5, 5.41) is 0. The highest BCUT2D eigenvalue weighted by atomic mass is 16.5. The third-order valence-electron chi connectivity index (χ3n) is 3.85. The molecule has 0 heterocycles. The topological polar surface area (TPSA) is 53.7 Å². The molecule has 0 spiro atoms. The van der Waals surface area contributed by atoms with Crippen molar-refractivity contribution >= 4 is 0 Å². The third-order valence-corrected chi connectivity index (χ3v) is 3.85. The summed E-state index contributed by atoms with van der Waals surface area (Å²) in [5.41, 5.74) is 8.34. The lowest BCUT2D eigenvalue weighted by molar-refractivity contribution is 0.0879. The minimum atomic E-state index is 0.167. The molecule has 0 saturated heterocycles. The molecule has 4 heteroatoms. The Hall–Kier alpha value is -2.04. The number of ether oxygens (including phenoxy) is 3. The van der Waals surface area contributed by atoms with Gasteiger partial charge in [0.2, 0.25) is 0 Å². The van der Waals surface area contributed by atoms with Gasteiger partial charge in [0.1, 0.15) is 6.61 Å².